The summed E-state index contributed by atoms with van der Waals surface area (Å²) in [6, 6.07) is 0.508. The Labute approximate surface area is 99.5 Å². The Bertz CT molecular complexity index is 272. The number of hydrogen-bond donors (Lipinski definition) is 2. The molecule has 6 heteroatoms. The average Bonchev–Trinajstić information content (AvgIpc) is 2.40. The van der Waals surface area contributed by atoms with Crippen LogP contribution >= 0.6 is 0 Å². The number of aliphatic hydroxyl groups is 1. The molecule has 3 atom stereocenters. The highest BCUT2D eigenvalue weighted by atomic mass is 16.6. The lowest BCUT2D eigenvalue weighted by atomic mass is 9.76. The molecule has 2 bridgehead atoms. The quantitative estimate of drug-likeness (QED) is 0.461. The lowest BCUT2D eigenvalue weighted by Crippen LogP contribution is -2.65. The minimum Gasteiger partial charge on any atom is -0.384 e. The topological polar surface area (TPSA) is 44.7 Å². The SMILES string of the molecule is [B]C([B])(O)OC(C)C12CCC(CN(C)C1)N2. The molecular weight excluding hydrogens is 202 g/mol. The van der Waals surface area contributed by atoms with Crippen molar-refractivity contribution in [2.45, 2.75) is 43.0 Å². The molecule has 2 heterocycles. The highest BCUT2D eigenvalue weighted by molar-refractivity contribution is 6.37. The fourth-order valence-corrected chi connectivity index (χ4v) is 3.01. The van der Waals surface area contributed by atoms with E-state index in [1.807, 2.05) is 6.92 Å². The molecule has 2 aliphatic heterocycles. The summed E-state index contributed by atoms with van der Waals surface area (Å²) in [6.45, 7) is 3.85. The van der Waals surface area contributed by atoms with Gasteiger partial charge in [-0.05, 0) is 26.8 Å². The molecule has 2 saturated heterocycles. The number of rotatable bonds is 3. The van der Waals surface area contributed by atoms with Crippen LogP contribution in [-0.4, -0.2) is 69.1 Å². The van der Waals surface area contributed by atoms with Crippen molar-refractivity contribution >= 4 is 15.7 Å². The maximum Gasteiger partial charge on any atom is 0.138 e. The number of hydrogen-bond acceptors (Lipinski definition) is 4. The van der Waals surface area contributed by atoms with Crippen molar-refractivity contribution < 1.29 is 9.84 Å². The van der Waals surface area contributed by atoms with Crippen LogP contribution in [0.5, 0.6) is 0 Å². The van der Waals surface area contributed by atoms with E-state index in [1.54, 1.807) is 0 Å². The van der Waals surface area contributed by atoms with Gasteiger partial charge in [0, 0.05) is 19.1 Å². The van der Waals surface area contributed by atoms with E-state index in [4.69, 9.17) is 20.4 Å². The molecule has 4 nitrogen and oxygen atoms in total. The smallest absolute Gasteiger partial charge is 0.138 e. The molecule has 0 amide bonds. The van der Waals surface area contributed by atoms with Crippen LogP contribution in [0.3, 0.4) is 0 Å². The predicted octanol–water partition coefficient (Wildman–Crippen LogP) is -1.23. The second-order valence-corrected chi connectivity index (χ2v) is 5.24. The van der Waals surface area contributed by atoms with Crippen molar-refractivity contribution in [2.24, 2.45) is 0 Å². The van der Waals surface area contributed by atoms with Gasteiger partial charge in [-0.15, -0.1) is 0 Å². The van der Waals surface area contributed by atoms with Crippen molar-refractivity contribution in [3.63, 3.8) is 0 Å². The van der Waals surface area contributed by atoms with Gasteiger partial charge in [-0.25, -0.2) is 0 Å². The van der Waals surface area contributed by atoms with E-state index in [0.717, 1.165) is 25.9 Å². The van der Waals surface area contributed by atoms with Crippen molar-refractivity contribution in [3.8, 4) is 0 Å². The van der Waals surface area contributed by atoms with Crippen molar-refractivity contribution in [1.82, 2.24) is 10.2 Å². The maximum atomic E-state index is 9.30. The van der Waals surface area contributed by atoms with Crippen LogP contribution in [0.15, 0.2) is 0 Å². The summed E-state index contributed by atoms with van der Waals surface area (Å²) in [7, 11) is 12.6. The normalized spacial score (nSPS) is 37.6. The molecule has 0 aromatic rings. The van der Waals surface area contributed by atoms with Gasteiger partial charge in [-0.3, -0.25) is 0 Å². The lowest BCUT2D eigenvalue weighted by molar-refractivity contribution is -0.140. The van der Waals surface area contributed by atoms with Gasteiger partial charge in [0.05, 0.1) is 17.2 Å². The predicted molar refractivity (Wildman–Crippen MR) is 63.4 cm³/mol. The largest absolute Gasteiger partial charge is 0.384 e. The third kappa shape index (κ3) is 2.45. The highest BCUT2D eigenvalue weighted by Crippen LogP contribution is 2.33. The Kier molecular flexibility index (Phi) is 3.12. The molecule has 4 radical (unpaired) electrons. The summed E-state index contributed by atoms with van der Waals surface area (Å²) >= 11 is 0. The Balaban J connectivity index is 2.07. The standard InChI is InChI=1S/C10H18B2N2O2/c1-7(16-10(11,12)15)9-4-3-8(13-9)5-14(2)6-9/h7-8,13,15H,3-6H2,1-2H3. The summed E-state index contributed by atoms with van der Waals surface area (Å²) in [5.41, 5.74) is -2.19. The number of likely N-dealkylation sites (N-methyl/N-ethyl adjacent to an activating group) is 1. The van der Waals surface area contributed by atoms with Crippen LogP contribution in [-0.2, 0) is 4.74 Å². The summed E-state index contributed by atoms with van der Waals surface area (Å²) in [5.74, 6) is 0. The number of piperazine rings is 1. The van der Waals surface area contributed by atoms with Crippen LogP contribution < -0.4 is 5.32 Å². The Hall–Kier alpha value is -0.0301. The van der Waals surface area contributed by atoms with Crippen LogP contribution in [0.1, 0.15) is 19.8 Å². The van der Waals surface area contributed by atoms with Gasteiger partial charge in [-0.1, -0.05) is 0 Å². The van der Waals surface area contributed by atoms with E-state index < -0.39 is 5.59 Å². The van der Waals surface area contributed by atoms with Crippen LogP contribution in [0.4, 0.5) is 0 Å². The molecule has 3 unspecified atom stereocenters. The zero-order valence-electron chi connectivity index (χ0n) is 9.94. The van der Waals surface area contributed by atoms with E-state index in [0.29, 0.717) is 6.04 Å². The van der Waals surface area contributed by atoms with Crippen molar-refractivity contribution in [2.75, 3.05) is 20.1 Å². The molecule has 16 heavy (non-hydrogen) atoms. The average molecular weight is 220 g/mol. The van der Waals surface area contributed by atoms with Crippen LogP contribution in [0, 0.1) is 0 Å². The number of likely N-dealkylation sites (tertiary alicyclic amines) is 1. The molecular formula is C10H18B2N2O2. The first-order valence-electron chi connectivity index (χ1n) is 5.75. The summed E-state index contributed by atoms with van der Waals surface area (Å²) in [6.07, 6.45) is 1.94. The monoisotopic (exact) mass is 220 g/mol. The Morgan fingerprint density at radius 3 is 2.94 bits per heavy atom. The fraction of sp³-hybridized carbons (Fsp3) is 1.00. The highest BCUT2D eigenvalue weighted by Gasteiger charge is 2.48. The van der Waals surface area contributed by atoms with E-state index >= 15 is 0 Å². The zero-order chi connectivity index (χ0) is 12.0. The van der Waals surface area contributed by atoms with Gasteiger partial charge >= 0.3 is 0 Å². The third-order valence-corrected chi connectivity index (χ3v) is 3.66. The molecule has 0 aromatic heterocycles. The molecule has 0 aliphatic carbocycles. The van der Waals surface area contributed by atoms with Gasteiger partial charge in [-0.2, -0.15) is 0 Å². The van der Waals surface area contributed by atoms with Gasteiger partial charge in [0.25, 0.3) is 0 Å². The first-order chi connectivity index (χ1) is 7.31. The Morgan fingerprint density at radius 2 is 2.31 bits per heavy atom. The zero-order valence-corrected chi connectivity index (χ0v) is 9.94. The van der Waals surface area contributed by atoms with Crippen LogP contribution in [0.25, 0.3) is 0 Å². The maximum absolute atomic E-state index is 9.30. The van der Waals surface area contributed by atoms with Gasteiger partial charge < -0.3 is 20.1 Å². The van der Waals surface area contributed by atoms with E-state index in [2.05, 4.69) is 17.3 Å². The van der Waals surface area contributed by atoms with Gasteiger partial charge in [0.15, 0.2) is 0 Å². The minimum absolute atomic E-state index is 0.135. The first kappa shape index (κ1) is 12.4. The summed E-state index contributed by atoms with van der Waals surface area (Å²) in [4.78, 5) is 2.28. The fourth-order valence-electron chi connectivity index (χ4n) is 3.01. The number of nitrogens with zero attached hydrogens (tertiary/aromatic N) is 1. The van der Waals surface area contributed by atoms with Gasteiger partial charge in [0.2, 0.25) is 0 Å². The molecule has 0 aromatic carbocycles. The van der Waals surface area contributed by atoms with E-state index in [1.165, 1.54) is 0 Å². The van der Waals surface area contributed by atoms with Crippen molar-refractivity contribution in [3.05, 3.63) is 0 Å². The van der Waals surface area contributed by atoms with Crippen molar-refractivity contribution in [1.29, 1.82) is 0 Å². The number of fused-ring (bicyclic) bond motifs is 2. The number of ether oxygens (including phenoxy) is 1. The van der Waals surface area contributed by atoms with E-state index in [-0.39, 0.29) is 11.6 Å². The molecule has 2 N–H and O–H groups in total. The first-order valence-corrected chi connectivity index (χ1v) is 5.75. The van der Waals surface area contributed by atoms with Crippen LogP contribution in [0.2, 0.25) is 0 Å². The molecule has 2 rings (SSSR count). The summed E-state index contributed by atoms with van der Waals surface area (Å²) < 4.78 is 5.27. The number of nitrogens with one attached hydrogen (secondary N) is 1. The molecule has 0 spiro atoms. The molecule has 2 fully saturated rings. The second-order valence-electron chi connectivity index (χ2n) is 5.24. The summed E-state index contributed by atoms with van der Waals surface area (Å²) in [5, 5.41) is 12.9. The molecule has 86 valence electrons. The second kappa shape index (κ2) is 4.02. The van der Waals surface area contributed by atoms with E-state index in [9.17, 15) is 5.11 Å². The van der Waals surface area contributed by atoms with Gasteiger partial charge in [0.1, 0.15) is 15.7 Å². The lowest BCUT2D eigenvalue weighted by Gasteiger charge is -2.45. The third-order valence-electron chi connectivity index (χ3n) is 3.66. The molecule has 0 saturated carbocycles. The minimum atomic E-state index is -2.05. The Morgan fingerprint density at radius 1 is 1.62 bits per heavy atom. The molecule has 2 aliphatic rings.